The van der Waals surface area contributed by atoms with Crippen molar-refractivity contribution in [2.75, 3.05) is 6.61 Å². The van der Waals surface area contributed by atoms with Crippen molar-refractivity contribution in [3.05, 3.63) is 22.4 Å². The maximum atomic E-state index is 5.82. The fraction of sp³-hybridized carbons (Fsp3) is 0.562. The first kappa shape index (κ1) is 17.6. The van der Waals surface area contributed by atoms with Gasteiger partial charge in [0, 0.05) is 11.5 Å². The Morgan fingerprint density at radius 2 is 2.27 bits per heavy atom. The van der Waals surface area contributed by atoms with Crippen LogP contribution in [0.1, 0.15) is 36.1 Å². The van der Waals surface area contributed by atoms with Crippen LogP contribution in [0.3, 0.4) is 0 Å². The molecule has 8 nitrogen and oxygen atoms in total. The van der Waals surface area contributed by atoms with Crippen LogP contribution >= 0.6 is 23.1 Å². The molecule has 138 valence electrons. The number of rotatable bonds is 7. The monoisotopic (exact) mass is 392 g/mol. The van der Waals surface area contributed by atoms with Crippen LogP contribution < -0.4 is 0 Å². The van der Waals surface area contributed by atoms with Crippen molar-refractivity contribution in [1.29, 1.82) is 0 Å². The predicted octanol–water partition coefficient (Wildman–Crippen LogP) is 3.13. The highest BCUT2D eigenvalue weighted by atomic mass is 32.2. The lowest BCUT2D eigenvalue weighted by atomic mass is 10.2. The second-order valence-corrected chi connectivity index (χ2v) is 8.22. The first-order valence-corrected chi connectivity index (χ1v) is 10.5. The summed E-state index contributed by atoms with van der Waals surface area (Å²) in [5.74, 6) is 1.68. The summed E-state index contributed by atoms with van der Waals surface area (Å²) in [5, 5.41) is 21.0. The molecule has 1 fully saturated rings. The summed E-state index contributed by atoms with van der Waals surface area (Å²) in [7, 11) is 0. The minimum absolute atomic E-state index is 0.197. The van der Waals surface area contributed by atoms with Gasteiger partial charge in [-0.15, -0.1) is 26.6 Å². The normalized spacial score (nSPS) is 17.2. The van der Waals surface area contributed by atoms with Gasteiger partial charge in [0.15, 0.2) is 0 Å². The summed E-state index contributed by atoms with van der Waals surface area (Å²) in [6.45, 7) is 5.76. The molecule has 3 aromatic rings. The summed E-state index contributed by atoms with van der Waals surface area (Å²) < 4.78 is 13.3. The van der Waals surface area contributed by atoms with Crippen LogP contribution in [-0.2, 0) is 23.5 Å². The lowest BCUT2D eigenvalue weighted by molar-refractivity contribution is 0.0912. The van der Waals surface area contributed by atoms with Crippen LogP contribution in [0.5, 0.6) is 0 Å². The molecule has 1 atom stereocenters. The van der Waals surface area contributed by atoms with E-state index in [1.54, 1.807) is 16.0 Å². The van der Waals surface area contributed by atoms with Gasteiger partial charge in [0.25, 0.3) is 5.89 Å². The minimum atomic E-state index is 0.197. The van der Waals surface area contributed by atoms with Crippen molar-refractivity contribution in [2.45, 2.75) is 56.7 Å². The predicted molar refractivity (Wildman–Crippen MR) is 98.1 cm³/mol. The van der Waals surface area contributed by atoms with Gasteiger partial charge in [0.2, 0.25) is 11.0 Å². The molecule has 0 N–H and O–H groups in total. The SMILES string of the molecule is CCc1sc(-c2nnc(CSc3nnnn3CC3CCCO3)o2)cc1C. The van der Waals surface area contributed by atoms with E-state index in [4.69, 9.17) is 9.15 Å². The molecule has 1 saturated heterocycles. The van der Waals surface area contributed by atoms with E-state index >= 15 is 0 Å². The van der Waals surface area contributed by atoms with E-state index in [9.17, 15) is 0 Å². The first-order chi connectivity index (χ1) is 12.7. The van der Waals surface area contributed by atoms with E-state index in [1.165, 1.54) is 22.2 Å². The van der Waals surface area contributed by atoms with Crippen LogP contribution in [0.25, 0.3) is 10.8 Å². The number of hydrogen-bond acceptors (Lipinski definition) is 9. The Morgan fingerprint density at radius 1 is 1.35 bits per heavy atom. The third-order valence-corrected chi connectivity index (χ3v) is 6.55. The van der Waals surface area contributed by atoms with Crippen molar-refractivity contribution in [3.8, 4) is 10.8 Å². The molecule has 0 amide bonds. The van der Waals surface area contributed by atoms with Crippen LogP contribution in [0.2, 0.25) is 0 Å². The van der Waals surface area contributed by atoms with E-state index in [-0.39, 0.29) is 6.10 Å². The first-order valence-electron chi connectivity index (χ1n) is 8.65. The number of hydrogen-bond donors (Lipinski definition) is 0. The molecule has 0 radical (unpaired) electrons. The number of tetrazole rings is 1. The Kier molecular flexibility index (Phi) is 5.32. The van der Waals surface area contributed by atoms with Crippen molar-refractivity contribution in [2.24, 2.45) is 0 Å². The average molecular weight is 393 g/mol. The minimum Gasteiger partial charge on any atom is -0.419 e. The zero-order chi connectivity index (χ0) is 17.9. The van der Waals surface area contributed by atoms with Crippen LogP contribution in [0.4, 0.5) is 0 Å². The van der Waals surface area contributed by atoms with E-state index in [0.717, 1.165) is 35.9 Å². The topological polar surface area (TPSA) is 91.8 Å². The molecule has 10 heteroatoms. The Morgan fingerprint density at radius 3 is 3.04 bits per heavy atom. The van der Waals surface area contributed by atoms with E-state index in [2.05, 4.69) is 45.6 Å². The van der Waals surface area contributed by atoms with Gasteiger partial charge in [-0.25, -0.2) is 4.68 Å². The molecule has 4 heterocycles. The van der Waals surface area contributed by atoms with Crippen LogP contribution in [-0.4, -0.2) is 43.1 Å². The molecule has 1 unspecified atom stereocenters. The lowest BCUT2D eigenvalue weighted by Crippen LogP contribution is -2.16. The molecule has 0 aliphatic carbocycles. The third-order valence-electron chi connectivity index (χ3n) is 4.24. The molecular formula is C16H20N6O2S2. The van der Waals surface area contributed by atoms with Crippen LogP contribution in [0.15, 0.2) is 15.6 Å². The fourth-order valence-corrected chi connectivity index (χ4v) is 4.67. The molecule has 1 aliphatic heterocycles. The summed E-state index contributed by atoms with van der Waals surface area (Å²) in [4.78, 5) is 2.37. The summed E-state index contributed by atoms with van der Waals surface area (Å²) in [6, 6.07) is 2.11. The summed E-state index contributed by atoms with van der Waals surface area (Å²) in [5.41, 5.74) is 1.27. The van der Waals surface area contributed by atoms with E-state index < -0.39 is 0 Å². The van der Waals surface area contributed by atoms with Crippen molar-refractivity contribution in [3.63, 3.8) is 0 Å². The van der Waals surface area contributed by atoms with Gasteiger partial charge in [0.1, 0.15) is 0 Å². The van der Waals surface area contributed by atoms with Gasteiger partial charge in [-0.2, -0.15) is 0 Å². The highest BCUT2D eigenvalue weighted by molar-refractivity contribution is 7.98. The molecule has 0 saturated carbocycles. The number of nitrogens with zero attached hydrogens (tertiary/aromatic N) is 6. The summed E-state index contributed by atoms with van der Waals surface area (Å²) in [6.07, 6.45) is 3.36. The van der Waals surface area contributed by atoms with E-state index in [1.807, 2.05) is 0 Å². The van der Waals surface area contributed by atoms with Crippen molar-refractivity contribution in [1.82, 2.24) is 30.4 Å². The molecular weight excluding hydrogens is 372 g/mol. The molecule has 0 aromatic carbocycles. The number of aryl methyl sites for hydroxylation is 2. The van der Waals surface area contributed by atoms with Gasteiger partial charge in [-0.05, 0) is 48.2 Å². The Bertz CT molecular complexity index is 868. The molecule has 0 spiro atoms. The highest BCUT2D eigenvalue weighted by Crippen LogP contribution is 2.31. The second-order valence-electron chi connectivity index (χ2n) is 6.14. The molecule has 3 aromatic heterocycles. The largest absolute Gasteiger partial charge is 0.419 e. The third kappa shape index (κ3) is 3.81. The van der Waals surface area contributed by atoms with Gasteiger partial charge in [0.05, 0.1) is 23.3 Å². The molecule has 1 aliphatic rings. The highest BCUT2D eigenvalue weighted by Gasteiger charge is 2.20. The van der Waals surface area contributed by atoms with Crippen molar-refractivity contribution >= 4 is 23.1 Å². The zero-order valence-electron chi connectivity index (χ0n) is 14.7. The Balaban J connectivity index is 1.40. The van der Waals surface area contributed by atoms with E-state index in [0.29, 0.717) is 24.1 Å². The Labute approximate surface area is 159 Å². The Hall–Kier alpha value is -1.78. The standard InChI is InChI=1S/C16H20N6O2S2/c1-3-12-10(2)7-13(26-12)15-18-17-14(24-15)9-25-16-19-20-21-22(16)8-11-5-4-6-23-11/h7,11H,3-6,8-9H2,1-2H3. The quantitative estimate of drug-likeness (QED) is 0.566. The fourth-order valence-electron chi connectivity index (χ4n) is 2.91. The smallest absolute Gasteiger partial charge is 0.257 e. The van der Waals surface area contributed by atoms with Crippen LogP contribution in [0, 0.1) is 6.92 Å². The number of thiophene rings is 1. The maximum Gasteiger partial charge on any atom is 0.257 e. The van der Waals surface area contributed by atoms with Gasteiger partial charge in [-0.1, -0.05) is 18.7 Å². The lowest BCUT2D eigenvalue weighted by Gasteiger charge is -2.09. The number of aromatic nitrogens is 6. The number of thioether (sulfide) groups is 1. The maximum absolute atomic E-state index is 5.82. The molecule has 26 heavy (non-hydrogen) atoms. The van der Waals surface area contributed by atoms with Gasteiger partial charge in [-0.3, -0.25) is 0 Å². The molecule has 4 rings (SSSR count). The molecule has 0 bridgehead atoms. The van der Waals surface area contributed by atoms with Gasteiger partial charge >= 0.3 is 0 Å². The number of ether oxygens (including phenoxy) is 1. The summed E-state index contributed by atoms with van der Waals surface area (Å²) >= 11 is 3.20. The zero-order valence-corrected chi connectivity index (χ0v) is 16.3. The van der Waals surface area contributed by atoms with Gasteiger partial charge < -0.3 is 9.15 Å². The average Bonchev–Trinajstić information content (AvgIpc) is 3.41. The second kappa shape index (κ2) is 7.85. The van der Waals surface area contributed by atoms with Crippen molar-refractivity contribution < 1.29 is 9.15 Å².